The molecule has 0 radical (unpaired) electrons. The molecular weight excluding hydrogens is 527 g/mol. The van der Waals surface area contributed by atoms with E-state index in [-0.39, 0.29) is 0 Å². The van der Waals surface area contributed by atoms with Crippen molar-refractivity contribution in [3.05, 3.63) is 72.8 Å². The van der Waals surface area contributed by atoms with Crippen molar-refractivity contribution in [2.24, 2.45) is 0 Å². The summed E-state index contributed by atoms with van der Waals surface area (Å²) in [5.74, 6) is 0. The molecule has 0 aliphatic carbocycles. The van der Waals surface area contributed by atoms with Crippen LogP contribution in [0, 0.1) is 0 Å². The number of benzene rings is 3. The molecule has 0 atom stereocenters. The van der Waals surface area contributed by atoms with E-state index < -0.39 is 44.0 Å². The molecule has 0 fully saturated rings. The van der Waals surface area contributed by atoms with Crippen LogP contribution in [-0.2, 0) is 0 Å². The second-order valence-electron chi connectivity index (χ2n) is 7.48. The first kappa shape index (κ1) is 21.8. The van der Waals surface area contributed by atoms with Crippen LogP contribution >= 0.6 is 0 Å². The summed E-state index contributed by atoms with van der Waals surface area (Å²) >= 11 is -3.13. The number of hydrogen-bond donors (Lipinski definition) is 0. The zero-order chi connectivity index (χ0) is 20.3. The molecule has 0 bridgehead atoms. The second kappa shape index (κ2) is 9.76. The molecule has 0 amide bonds. The predicted octanol–water partition coefficient (Wildman–Crippen LogP) is 5.04. The first-order valence-electron chi connectivity index (χ1n) is 9.51. The van der Waals surface area contributed by atoms with Gasteiger partial charge in [-0.25, -0.2) is 0 Å². The third-order valence-electron chi connectivity index (χ3n) is 4.81. The van der Waals surface area contributed by atoms with Gasteiger partial charge in [-0.3, -0.25) is 0 Å². The van der Waals surface area contributed by atoms with Crippen LogP contribution in [0.2, 0.25) is 34.3 Å². The Morgan fingerprint density at radius 3 is 0.929 bits per heavy atom. The minimum atomic E-state index is -1.04. The van der Waals surface area contributed by atoms with Crippen LogP contribution in [0.5, 0.6) is 0 Å². The molecule has 0 heterocycles. The fraction of sp³-hybridized carbons (Fsp3) is 0.250. The van der Waals surface area contributed by atoms with Gasteiger partial charge in [0.05, 0.1) is 0 Å². The Morgan fingerprint density at radius 1 is 0.429 bits per heavy atom. The van der Waals surface area contributed by atoms with Crippen molar-refractivity contribution >= 4 is 74.1 Å². The van der Waals surface area contributed by atoms with Crippen molar-refractivity contribution in [2.75, 3.05) is 4.90 Å². The van der Waals surface area contributed by atoms with Gasteiger partial charge in [-0.05, 0) is 0 Å². The summed E-state index contributed by atoms with van der Waals surface area (Å²) in [6, 6.07) is 27.3. The fourth-order valence-electron chi connectivity index (χ4n) is 3.48. The van der Waals surface area contributed by atoms with E-state index in [0.717, 1.165) is 0 Å². The Labute approximate surface area is 184 Å². The molecule has 0 aliphatic rings. The van der Waals surface area contributed by atoms with Gasteiger partial charge >= 0.3 is 186 Å². The van der Waals surface area contributed by atoms with Gasteiger partial charge < -0.3 is 0 Å². The normalized spacial score (nSPS) is 11.5. The second-order valence-corrected chi connectivity index (χ2v) is 21.8. The standard InChI is InChI=1S/C24H30As3N/c1-25(2)19-13-7-10-16-22(19)28(23-17-11-8-14-20(23)26(3)4)24-18-12-9-15-21(24)27(5)6/h7-18H,1-6H3. The quantitative estimate of drug-likeness (QED) is 0.384. The molecule has 0 N–H and O–H groups in total. The van der Waals surface area contributed by atoms with Crippen molar-refractivity contribution < 1.29 is 0 Å². The molecular formula is C24H30As3N. The molecule has 0 aromatic heterocycles. The molecule has 0 saturated carbocycles. The van der Waals surface area contributed by atoms with Gasteiger partial charge in [-0.15, -0.1) is 0 Å². The molecule has 1 nitrogen and oxygen atoms in total. The number of nitrogens with zero attached hydrogens (tertiary/aromatic N) is 1. The molecule has 4 heteroatoms. The monoisotopic (exact) mass is 557 g/mol. The molecule has 0 spiro atoms. The van der Waals surface area contributed by atoms with Gasteiger partial charge in [0, 0.05) is 0 Å². The SMILES string of the molecule is C[As](C)c1ccccc1N(c1ccccc1[As](C)C)c1ccccc1[As](C)C. The van der Waals surface area contributed by atoms with Crippen molar-refractivity contribution in [3.8, 4) is 0 Å². The molecule has 0 saturated heterocycles. The molecule has 146 valence electrons. The van der Waals surface area contributed by atoms with E-state index >= 15 is 0 Å². The van der Waals surface area contributed by atoms with E-state index in [1.807, 2.05) is 0 Å². The van der Waals surface area contributed by atoms with Gasteiger partial charge in [0.2, 0.25) is 0 Å². The summed E-state index contributed by atoms with van der Waals surface area (Å²) in [5, 5.41) is 0. The zero-order valence-electron chi connectivity index (χ0n) is 17.7. The predicted molar refractivity (Wildman–Crippen MR) is 132 cm³/mol. The molecule has 3 aromatic carbocycles. The zero-order valence-corrected chi connectivity index (χ0v) is 23.3. The van der Waals surface area contributed by atoms with E-state index in [4.69, 9.17) is 0 Å². The maximum absolute atomic E-state index is 2.60. The van der Waals surface area contributed by atoms with Crippen molar-refractivity contribution in [1.29, 1.82) is 0 Å². The molecule has 0 aliphatic heterocycles. The van der Waals surface area contributed by atoms with E-state index in [9.17, 15) is 0 Å². The Hall–Kier alpha value is -0.865. The van der Waals surface area contributed by atoms with Crippen molar-refractivity contribution in [2.45, 2.75) is 34.3 Å². The van der Waals surface area contributed by atoms with E-state index in [2.05, 4.69) is 112 Å². The number of anilines is 3. The van der Waals surface area contributed by atoms with E-state index in [1.165, 1.54) is 17.1 Å². The van der Waals surface area contributed by atoms with Crippen LogP contribution in [0.4, 0.5) is 17.1 Å². The van der Waals surface area contributed by atoms with Gasteiger partial charge in [0.15, 0.2) is 0 Å². The third-order valence-corrected chi connectivity index (χ3v) is 13.3. The summed E-state index contributed by atoms with van der Waals surface area (Å²) < 4.78 is 4.66. The van der Waals surface area contributed by atoms with Crippen LogP contribution < -0.4 is 18.0 Å². The number of rotatable bonds is 6. The van der Waals surface area contributed by atoms with Gasteiger partial charge in [0.1, 0.15) is 0 Å². The van der Waals surface area contributed by atoms with Gasteiger partial charge in [0.25, 0.3) is 0 Å². The Bertz CT molecular complexity index is 812. The average molecular weight is 557 g/mol. The Morgan fingerprint density at radius 2 is 0.679 bits per heavy atom. The van der Waals surface area contributed by atoms with E-state index in [1.54, 1.807) is 13.1 Å². The average Bonchev–Trinajstić information content (AvgIpc) is 2.69. The minimum absolute atomic E-state index is 1.04. The van der Waals surface area contributed by atoms with Crippen LogP contribution in [0.15, 0.2) is 72.8 Å². The summed E-state index contributed by atoms with van der Waals surface area (Å²) in [6.07, 6.45) is 0. The van der Waals surface area contributed by atoms with Crippen LogP contribution in [-0.4, -0.2) is 44.0 Å². The van der Waals surface area contributed by atoms with E-state index in [0.29, 0.717) is 0 Å². The number of hydrogen-bond acceptors (Lipinski definition) is 1. The summed E-state index contributed by atoms with van der Waals surface area (Å²) in [6.45, 7) is 0. The summed E-state index contributed by atoms with van der Waals surface area (Å²) in [7, 11) is 0. The van der Waals surface area contributed by atoms with Crippen LogP contribution in [0.25, 0.3) is 0 Å². The molecule has 28 heavy (non-hydrogen) atoms. The first-order chi connectivity index (χ1) is 13.4. The Balaban J connectivity index is 2.35. The molecule has 0 unspecified atom stereocenters. The van der Waals surface area contributed by atoms with Crippen LogP contribution in [0.3, 0.4) is 0 Å². The first-order valence-corrected chi connectivity index (χ1v) is 23.6. The van der Waals surface area contributed by atoms with Crippen molar-refractivity contribution in [1.82, 2.24) is 0 Å². The third kappa shape index (κ3) is 4.65. The van der Waals surface area contributed by atoms with Gasteiger partial charge in [-0.2, -0.15) is 0 Å². The molecule has 3 rings (SSSR count). The Kier molecular flexibility index (Phi) is 7.61. The number of para-hydroxylation sites is 3. The fourth-order valence-corrected chi connectivity index (χ4v) is 9.88. The van der Waals surface area contributed by atoms with Crippen LogP contribution in [0.1, 0.15) is 0 Å². The topological polar surface area (TPSA) is 3.24 Å². The van der Waals surface area contributed by atoms with Crippen molar-refractivity contribution in [3.63, 3.8) is 0 Å². The maximum atomic E-state index is 2.60. The summed E-state index contributed by atoms with van der Waals surface area (Å²) in [4.78, 5) is 2.60. The molecule has 3 aromatic rings. The van der Waals surface area contributed by atoms with Gasteiger partial charge in [-0.1, -0.05) is 0 Å². The summed E-state index contributed by atoms with van der Waals surface area (Å²) in [5.41, 5.74) is 18.8.